The fourth-order valence-corrected chi connectivity index (χ4v) is 8.80. The van der Waals surface area contributed by atoms with Crippen molar-refractivity contribution in [2.75, 3.05) is 19.8 Å². The topological polar surface area (TPSA) is 72.5 Å². The van der Waals surface area contributed by atoms with Crippen LogP contribution in [0.15, 0.2) is 42.0 Å². The standard InChI is InChI=1S/C40H70O7Si2/c1-29(21-30(2)25-44-48(12,13)37(4,5)6)22-33-23-34(41)27-43-40(33)24-35(45-39(10,11)47-40)31(3)36(46-49(14,15)38(7,8)9)28-42-26-32-19-17-16-18-20-32/h16-20,22,30-31,33,35-36H,21,23-28H2,1-15H3/b29-22+/t30-,31+,33-,35-,36+,40+/m0/s1. The molecule has 0 amide bonds. The van der Waals surface area contributed by atoms with Crippen molar-refractivity contribution in [1.82, 2.24) is 0 Å². The van der Waals surface area contributed by atoms with E-state index in [1.165, 1.54) is 5.57 Å². The second kappa shape index (κ2) is 16.2. The number of carbonyl (C=O) groups is 1. The maximum atomic E-state index is 12.9. The fraction of sp³-hybridized carbons (Fsp3) is 0.775. The van der Waals surface area contributed by atoms with E-state index in [4.69, 9.17) is 27.8 Å². The zero-order valence-corrected chi connectivity index (χ0v) is 35.7. The molecule has 1 spiro atoms. The Bertz CT molecular complexity index is 1250. The lowest BCUT2D eigenvalue weighted by Gasteiger charge is -2.54. The van der Waals surface area contributed by atoms with Crippen molar-refractivity contribution in [2.45, 2.75) is 162 Å². The van der Waals surface area contributed by atoms with Crippen LogP contribution in [0.2, 0.25) is 36.3 Å². The SMILES string of the molecule is C/C(=C\[C@H]1CC(=O)CO[C@@]12C[C@@H]([C@@H](C)[C@@H](COCc1ccccc1)O[Si](C)(C)C(C)(C)C)OC(C)(C)O2)C[C@H](C)CO[Si](C)(C)C(C)(C)C. The number of rotatable bonds is 14. The average molecular weight is 719 g/mol. The summed E-state index contributed by atoms with van der Waals surface area (Å²) in [5.74, 6) is -1.71. The molecule has 7 nitrogen and oxygen atoms in total. The lowest BCUT2D eigenvalue weighted by Crippen LogP contribution is -2.62. The predicted octanol–water partition coefficient (Wildman–Crippen LogP) is 10.1. The molecule has 2 aliphatic rings. The molecule has 0 unspecified atom stereocenters. The molecule has 2 saturated heterocycles. The van der Waals surface area contributed by atoms with E-state index in [0.717, 1.165) is 18.6 Å². The van der Waals surface area contributed by atoms with E-state index in [-0.39, 0.29) is 46.5 Å². The van der Waals surface area contributed by atoms with Gasteiger partial charge in [0.1, 0.15) is 6.61 Å². The minimum atomic E-state index is -2.16. The summed E-state index contributed by atoms with van der Waals surface area (Å²) >= 11 is 0. The van der Waals surface area contributed by atoms with Crippen molar-refractivity contribution >= 4 is 22.4 Å². The molecule has 0 radical (unpaired) electrons. The Balaban J connectivity index is 1.85. The van der Waals surface area contributed by atoms with Crippen molar-refractivity contribution in [1.29, 1.82) is 0 Å². The molecule has 0 aliphatic carbocycles. The highest BCUT2D eigenvalue weighted by Crippen LogP contribution is 2.47. The molecule has 0 bridgehead atoms. The summed E-state index contributed by atoms with van der Waals surface area (Å²) in [5.41, 5.74) is 2.36. The lowest BCUT2D eigenvalue weighted by atomic mass is 9.80. The smallest absolute Gasteiger partial charge is 0.192 e. The van der Waals surface area contributed by atoms with Crippen molar-refractivity contribution < 1.29 is 32.6 Å². The molecule has 2 fully saturated rings. The number of allylic oxidation sites excluding steroid dienone is 1. The molecule has 9 heteroatoms. The van der Waals surface area contributed by atoms with Crippen LogP contribution in [0.4, 0.5) is 0 Å². The molecule has 6 atom stereocenters. The van der Waals surface area contributed by atoms with Crippen LogP contribution >= 0.6 is 0 Å². The third kappa shape index (κ3) is 11.7. The first kappa shape index (κ1) is 42.2. The van der Waals surface area contributed by atoms with Gasteiger partial charge in [-0.3, -0.25) is 4.79 Å². The van der Waals surface area contributed by atoms with E-state index in [1.54, 1.807) is 0 Å². The summed E-state index contributed by atoms with van der Waals surface area (Å²) in [4.78, 5) is 12.9. The summed E-state index contributed by atoms with van der Waals surface area (Å²) < 4.78 is 39.9. The molecule has 0 saturated carbocycles. The highest BCUT2D eigenvalue weighted by molar-refractivity contribution is 6.74. The first-order chi connectivity index (χ1) is 22.4. The van der Waals surface area contributed by atoms with Crippen LogP contribution in [0.1, 0.15) is 101 Å². The van der Waals surface area contributed by atoms with Gasteiger partial charge in [0, 0.05) is 31.3 Å². The van der Waals surface area contributed by atoms with Crippen LogP contribution in [-0.4, -0.2) is 66.0 Å². The van der Waals surface area contributed by atoms with Crippen LogP contribution in [0, 0.1) is 17.8 Å². The molecule has 2 aliphatic heterocycles. The maximum Gasteiger partial charge on any atom is 0.192 e. The number of Topliss-reactive ketones (excluding diaryl/α,β-unsaturated/α-hetero) is 1. The normalized spacial score (nSPS) is 26.1. The molecule has 1 aromatic rings. The summed E-state index contributed by atoms with van der Waals surface area (Å²) in [6.45, 7) is 35.1. The first-order valence-electron chi connectivity index (χ1n) is 18.5. The number of ketones is 1. The largest absolute Gasteiger partial charge is 0.417 e. The summed E-state index contributed by atoms with van der Waals surface area (Å²) in [6.07, 6.45) is 3.57. The van der Waals surface area contributed by atoms with Gasteiger partial charge >= 0.3 is 0 Å². The van der Waals surface area contributed by atoms with Crippen molar-refractivity contribution in [3.8, 4) is 0 Å². The summed E-state index contributed by atoms with van der Waals surface area (Å²) in [7, 11) is -3.99. The highest BCUT2D eigenvalue weighted by atomic mass is 28.4. The average Bonchev–Trinajstić information content (AvgIpc) is 2.96. The van der Waals surface area contributed by atoms with Crippen LogP contribution in [0.25, 0.3) is 0 Å². The Labute approximate surface area is 301 Å². The zero-order chi connectivity index (χ0) is 37.1. The second-order valence-corrected chi connectivity index (χ2v) is 28.0. The monoisotopic (exact) mass is 718 g/mol. The van der Waals surface area contributed by atoms with Gasteiger partial charge in [0.05, 0.1) is 25.4 Å². The van der Waals surface area contributed by atoms with Gasteiger partial charge in [-0.1, -0.05) is 97.4 Å². The molecule has 0 N–H and O–H groups in total. The Morgan fingerprint density at radius 2 is 1.59 bits per heavy atom. The number of hydrogen-bond acceptors (Lipinski definition) is 7. The van der Waals surface area contributed by atoms with Gasteiger partial charge in [0.2, 0.25) is 0 Å². The van der Waals surface area contributed by atoms with Gasteiger partial charge in [-0.2, -0.15) is 0 Å². The van der Waals surface area contributed by atoms with Crippen LogP contribution < -0.4 is 0 Å². The molecule has 0 aromatic heterocycles. The molecule has 280 valence electrons. The van der Waals surface area contributed by atoms with E-state index in [2.05, 4.69) is 107 Å². The molecule has 49 heavy (non-hydrogen) atoms. The van der Waals surface area contributed by atoms with Crippen LogP contribution in [-0.2, 0) is 39.2 Å². The van der Waals surface area contributed by atoms with E-state index in [0.29, 0.717) is 32.0 Å². The quantitative estimate of drug-likeness (QED) is 0.140. The van der Waals surface area contributed by atoms with E-state index in [1.807, 2.05) is 32.0 Å². The maximum absolute atomic E-state index is 12.9. The molecule has 2 heterocycles. The van der Waals surface area contributed by atoms with Gasteiger partial charge in [-0.15, -0.1) is 0 Å². The van der Waals surface area contributed by atoms with Gasteiger partial charge in [0.25, 0.3) is 0 Å². The number of benzene rings is 1. The minimum Gasteiger partial charge on any atom is -0.417 e. The Morgan fingerprint density at radius 3 is 2.18 bits per heavy atom. The molecule has 3 rings (SSSR count). The first-order valence-corrected chi connectivity index (χ1v) is 24.3. The van der Waals surface area contributed by atoms with Crippen molar-refractivity contribution in [3.63, 3.8) is 0 Å². The summed E-state index contributed by atoms with van der Waals surface area (Å²) in [6, 6.07) is 10.3. The third-order valence-corrected chi connectivity index (χ3v) is 20.3. The third-order valence-electron chi connectivity index (χ3n) is 11.3. The van der Waals surface area contributed by atoms with Gasteiger partial charge in [-0.25, -0.2) is 0 Å². The van der Waals surface area contributed by atoms with E-state index >= 15 is 0 Å². The van der Waals surface area contributed by atoms with E-state index in [9.17, 15) is 4.79 Å². The molecular weight excluding hydrogens is 649 g/mol. The van der Waals surface area contributed by atoms with Gasteiger partial charge in [0.15, 0.2) is 34.0 Å². The molecular formula is C40H70O7Si2. The van der Waals surface area contributed by atoms with Crippen molar-refractivity contribution in [2.24, 2.45) is 17.8 Å². The number of ether oxygens (including phenoxy) is 4. The Hall–Kier alpha value is -1.18. The number of hydrogen-bond donors (Lipinski definition) is 0. The van der Waals surface area contributed by atoms with Crippen LogP contribution in [0.5, 0.6) is 0 Å². The number of carbonyl (C=O) groups excluding carboxylic acids is 1. The fourth-order valence-electron chi connectivity index (χ4n) is 6.27. The van der Waals surface area contributed by atoms with Gasteiger partial charge in [-0.05, 0) is 74.9 Å². The minimum absolute atomic E-state index is 0.0237. The summed E-state index contributed by atoms with van der Waals surface area (Å²) in [5, 5.41) is 0.210. The zero-order valence-electron chi connectivity index (χ0n) is 33.7. The molecule has 1 aromatic carbocycles. The van der Waals surface area contributed by atoms with Crippen LogP contribution in [0.3, 0.4) is 0 Å². The Morgan fingerprint density at radius 1 is 0.980 bits per heavy atom. The van der Waals surface area contributed by atoms with Crippen molar-refractivity contribution in [3.05, 3.63) is 47.5 Å². The predicted molar refractivity (Wildman–Crippen MR) is 204 cm³/mol. The lowest BCUT2D eigenvalue weighted by molar-refractivity contribution is -0.419. The highest BCUT2D eigenvalue weighted by Gasteiger charge is 2.55. The second-order valence-electron chi connectivity index (χ2n) is 18.5. The van der Waals surface area contributed by atoms with E-state index < -0.39 is 28.2 Å². The van der Waals surface area contributed by atoms with Gasteiger partial charge < -0.3 is 27.8 Å². The Kier molecular flexibility index (Phi) is 14.0.